The second kappa shape index (κ2) is 7.81. The molecular formula is C17H23FN4O4S. The van der Waals surface area contributed by atoms with Crippen LogP contribution in [0.5, 0.6) is 0 Å². The van der Waals surface area contributed by atoms with Crippen molar-refractivity contribution in [1.29, 1.82) is 0 Å². The number of halogens is 1. The number of urea groups is 1. The van der Waals surface area contributed by atoms with Crippen molar-refractivity contribution in [3.05, 3.63) is 30.1 Å². The third-order valence-electron chi connectivity index (χ3n) is 4.79. The van der Waals surface area contributed by atoms with Crippen LogP contribution in [-0.4, -0.2) is 81.1 Å². The summed E-state index contributed by atoms with van der Waals surface area (Å²) >= 11 is 0. The predicted molar refractivity (Wildman–Crippen MR) is 98.5 cm³/mol. The van der Waals surface area contributed by atoms with E-state index in [9.17, 15) is 22.4 Å². The van der Waals surface area contributed by atoms with Crippen molar-refractivity contribution >= 4 is 27.5 Å². The molecule has 2 aliphatic heterocycles. The number of sulfone groups is 1. The van der Waals surface area contributed by atoms with Gasteiger partial charge in [-0.15, -0.1) is 0 Å². The van der Waals surface area contributed by atoms with Gasteiger partial charge in [0.05, 0.1) is 12.4 Å². The van der Waals surface area contributed by atoms with E-state index in [1.165, 1.54) is 12.1 Å². The molecule has 0 saturated carbocycles. The lowest BCUT2D eigenvalue weighted by Crippen LogP contribution is -2.51. The fourth-order valence-corrected chi connectivity index (χ4v) is 3.90. The molecule has 2 saturated heterocycles. The minimum absolute atomic E-state index is 0.0816. The zero-order valence-electron chi connectivity index (χ0n) is 15.1. The van der Waals surface area contributed by atoms with E-state index in [1.807, 2.05) is 4.90 Å². The maximum atomic E-state index is 13.0. The monoisotopic (exact) mass is 398 g/mol. The second-order valence-electron chi connectivity index (χ2n) is 6.91. The first-order valence-corrected chi connectivity index (χ1v) is 10.8. The highest BCUT2D eigenvalue weighted by Gasteiger charge is 2.39. The van der Waals surface area contributed by atoms with Crippen LogP contribution in [0.1, 0.15) is 6.42 Å². The smallest absolute Gasteiger partial charge is 0.325 e. The highest BCUT2D eigenvalue weighted by atomic mass is 32.2. The summed E-state index contributed by atoms with van der Waals surface area (Å²) < 4.78 is 35.6. The third-order valence-corrected chi connectivity index (χ3v) is 5.77. The summed E-state index contributed by atoms with van der Waals surface area (Å²) in [6.45, 7) is 2.89. The van der Waals surface area contributed by atoms with E-state index in [0.29, 0.717) is 26.2 Å². The number of hydrogen-bond donors (Lipinski definition) is 1. The van der Waals surface area contributed by atoms with Gasteiger partial charge in [-0.25, -0.2) is 22.5 Å². The summed E-state index contributed by atoms with van der Waals surface area (Å²) in [4.78, 5) is 29.7. The van der Waals surface area contributed by atoms with Crippen LogP contribution in [0.25, 0.3) is 0 Å². The van der Waals surface area contributed by atoms with Gasteiger partial charge in [0.25, 0.3) is 5.91 Å². The second-order valence-corrected chi connectivity index (χ2v) is 9.17. The fraction of sp³-hybridized carbons (Fsp3) is 0.529. The number of imide groups is 1. The van der Waals surface area contributed by atoms with Crippen LogP contribution in [-0.2, 0) is 14.6 Å². The highest BCUT2D eigenvalue weighted by Crippen LogP contribution is 2.18. The Kier molecular flexibility index (Phi) is 5.66. The van der Waals surface area contributed by atoms with Gasteiger partial charge in [0.2, 0.25) is 0 Å². The van der Waals surface area contributed by atoms with E-state index in [4.69, 9.17) is 0 Å². The lowest BCUT2D eigenvalue weighted by Gasteiger charge is -2.37. The van der Waals surface area contributed by atoms with E-state index >= 15 is 0 Å². The number of amides is 3. The molecule has 1 aromatic rings. The zero-order chi connectivity index (χ0) is 19.6. The van der Waals surface area contributed by atoms with Crippen molar-refractivity contribution in [2.24, 2.45) is 0 Å². The van der Waals surface area contributed by atoms with Crippen LogP contribution >= 0.6 is 0 Å². The average molecular weight is 398 g/mol. The lowest BCUT2D eigenvalue weighted by atomic mass is 10.2. The standard InChI is InChI=1S/C17H23FN4O4S/c1-27(25,26)11-6-15-16(23)22(17(24)19-15)12-20-7-9-21(10-8-20)14-4-2-13(18)3-5-14/h2-5,15H,6-12H2,1H3,(H,19,24). The predicted octanol–water partition coefficient (Wildman–Crippen LogP) is 0.260. The lowest BCUT2D eigenvalue weighted by molar-refractivity contribution is -0.129. The van der Waals surface area contributed by atoms with Crippen LogP contribution in [0.15, 0.2) is 24.3 Å². The first-order chi connectivity index (χ1) is 12.7. The Hall–Kier alpha value is -2.20. The van der Waals surface area contributed by atoms with E-state index in [1.54, 1.807) is 12.1 Å². The van der Waals surface area contributed by atoms with Crippen molar-refractivity contribution in [1.82, 2.24) is 15.1 Å². The zero-order valence-corrected chi connectivity index (χ0v) is 15.9. The molecule has 1 unspecified atom stereocenters. The fourth-order valence-electron chi connectivity index (χ4n) is 3.24. The molecule has 1 N–H and O–H groups in total. The minimum Gasteiger partial charge on any atom is -0.369 e. The number of hydrogen-bond acceptors (Lipinski definition) is 6. The average Bonchev–Trinajstić information content (AvgIpc) is 2.88. The maximum Gasteiger partial charge on any atom is 0.325 e. The van der Waals surface area contributed by atoms with Gasteiger partial charge in [-0.3, -0.25) is 9.69 Å². The number of carbonyl (C=O) groups is 2. The van der Waals surface area contributed by atoms with Crippen LogP contribution in [0.3, 0.4) is 0 Å². The molecule has 1 atom stereocenters. The van der Waals surface area contributed by atoms with Gasteiger partial charge in [-0.2, -0.15) is 0 Å². The molecule has 2 fully saturated rings. The van der Waals surface area contributed by atoms with Gasteiger partial charge < -0.3 is 10.2 Å². The molecule has 3 rings (SSSR count). The Bertz CT molecular complexity index is 807. The molecule has 10 heteroatoms. The van der Waals surface area contributed by atoms with Crippen LogP contribution in [0, 0.1) is 5.82 Å². The number of piperazine rings is 1. The molecule has 0 aromatic heterocycles. The summed E-state index contributed by atoms with van der Waals surface area (Å²) in [5, 5.41) is 2.56. The van der Waals surface area contributed by atoms with E-state index in [-0.39, 0.29) is 30.6 Å². The molecule has 1 aromatic carbocycles. The molecule has 2 heterocycles. The number of nitrogens with one attached hydrogen (secondary N) is 1. The number of rotatable bonds is 6. The van der Waals surface area contributed by atoms with Crippen molar-refractivity contribution in [3.63, 3.8) is 0 Å². The summed E-state index contributed by atoms with van der Waals surface area (Å²) in [5.41, 5.74) is 0.937. The molecular weight excluding hydrogens is 375 g/mol. The number of anilines is 1. The number of carbonyl (C=O) groups excluding carboxylic acids is 2. The van der Waals surface area contributed by atoms with Crippen molar-refractivity contribution < 1.29 is 22.4 Å². The molecule has 3 amide bonds. The Balaban J connectivity index is 1.51. The number of nitrogens with zero attached hydrogens (tertiary/aromatic N) is 3. The molecule has 0 aliphatic carbocycles. The summed E-state index contributed by atoms with van der Waals surface area (Å²) in [5.74, 6) is -0.806. The molecule has 8 nitrogen and oxygen atoms in total. The molecule has 2 aliphatic rings. The van der Waals surface area contributed by atoms with Gasteiger partial charge in [0.1, 0.15) is 21.7 Å². The molecule has 27 heavy (non-hydrogen) atoms. The van der Waals surface area contributed by atoms with Crippen LogP contribution in [0.2, 0.25) is 0 Å². The van der Waals surface area contributed by atoms with Crippen molar-refractivity contribution in [2.75, 3.05) is 49.8 Å². The van der Waals surface area contributed by atoms with Crippen molar-refractivity contribution in [2.45, 2.75) is 12.5 Å². The summed E-state index contributed by atoms with van der Waals surface area (Å²) in [6, 6.07) is 5.04. The number of benzene rings is 1. The Labute approximate surface area is 157 Å². The normalized spacial score (nSPS) is 21.6. The van der Waals surface area contributed by atoms with Crippen LogP contribution in [0.4, 0.5) is 14.9 Å². The summed E-state index contributed by atoms with van der Waals surface area (Å²) in [7, 11) is -3.19. The largest absolute Gasteiger partial charge is 0.369 e. The van der Waals surface area contributed by atoms with E-state index < -0.39 is 21.9 Å². The van der Waals surface area contributed by atoms with Gasteiger partial charge >= 0.3 is 6.03 Å². The Morgan fingerprint density at radius 1 is 1.11 bits per heavy atom. The van der Waals surface area contributed by atoms with E-state index in [0.717, 1.165) is 16.8 Å². The summed E-state index contributed by atoms with van der Waals surface area (Å²) in [6.07, 6.45) is 1.19. The maximum absolute atomic E-state index is 13.0. The third kappa shape index (κ3) is 4.95. The minimum atomic E-state index is -3.19. The quantitative estimate of drug-likeness (QED) is 0.692. The van der Waals surface area contributed by atoms with Crippen LogP contribution < -0.4 is 10.2 Å². The topological polar surface area (TPSA) is 90.0 Å². The van der Waals surface area contributed by atoms with E-state index in [2.05, 4.69) is 10.2 Å². The SMILES string of the molecule is CS(=O)(=O)CCC1NC(=O)N(CN2CCN(c3ccc(F)cc3)CC2)C1=O. The van der Waals surface area contributed by atoms with Gasteiger partial charge in [-0.05, 0) is 30.7 Å². The first-order valence-electron chi connectivity index (χ1n) is 8.75. The highest BCUT2D eigenvalue weighted by molar-refractivity contribution is 7.90. The van der Waals surface area contributed by atoms with Gasteiger partial charge in [0, 0.05) is 38.1 Å². The molecule has 0 radical (unpaired) electrons. The molecule has 0 bridgehead atoms. The van der Waals surface area contributed by atoms with Gasteiger partial charge in [-0.1, -0.05) is 0 Å². The molecule has 148 valence electrons. The van der Waals surface area contributed by atoms with Crippen molar-refractivity contribution in [3.8, 4) is 0 Å². The Morgan fingerprint density at radius 3 is 2.33 bits per heavy atom. The Morgan fingerprint density at radius 2 is 1.74 bits per heavy atom. The molecule has 0 spiro atoms. The first kappa shape index (κ1) is 19.6. The van der Waals surface area contributed by atoms with Gasteiger partial charge in [0.15, 0.2) is 0 Å².